The summed E-state index contributed by atoms with van der Waals surface area (Å²) in [4.78, 5) is 25.6. The van der Waals surface area contributed by atoms with Crippen molar-refractivity contribution in [3.05, 3.63) is 85.0 Å². The molecule has 0 saturated carbocycles. The zero-order valence-corrected chi connectivity index (χ0v) is 17.4. The Morgan fingerprint density at radius 3 is 2.81 bits per heavy atom. The highest BCUT2D eigenvalue weighted by Gasteiger charge is 2.13. The van der Waals surface area contributed by atoms with E-state index in [0.717, 1.165) is 22.0 Å². The minimum absolute atomic E-state index is 0.250. The van der Waals surface area contributed by atoms with Crippen LogP contribution in [0.1, 0.15) is 16.3 Å². The molecule has 0 atom stereocenters. The molecule has 1 N–H and O–H groups in total. The second-order valence-electron chi connectivity index (χ2n) is 6.84. The van der Waals surface area contributed by atoms with Gasteiger partial charge in [0.1, 0.15) is 17.9 Å². The zero-order valence-electron chi connectivity index (χ0n) is 16.6. The van der Waals surface area contributed by atoms with Crippen LogP contribution in [0.3, 0.4) is 0 Å². The van der Waals surface area contributed by atoms with Gasteiger partial charge in [0.05, 0.1) is 28.7 Å². The Labute approximate surface area is 182 Å². The number of para-hydroxylation sites is 2. The minimum atomic E-state index is -0.323. The van der Waals surface area contributed by atoms with E-state index in [1.165, 1.54) is 0 Å². The van der Waals surface area contributed by atoms with Crippen LogP contribution in [-0.2, 0) is 12.8 Å². The second kappa shape index (κ2) is 8.11. The lowest BCUT2D eigenvalue weighted by atomic mass is 10.3. The largest absolute Gasteiger partial charge is 0.455 e. The van der Waals surface area contributed by atoms with Crippen molar-refractivity contribution in [2.24, 2.45) is 7.05 Å². The van der Waals surface area contributed by atoms with Crippen molar-refractivity contribution in [3.8, 4) is 5.82 Å². The molecule has 9 heteroatoms. The van der Waals surface area contributed by atoms with Gasteiger partial charge in [0, 0.05) is 19.4 Å². The number of pyridine rings is 1. The first-order chi connectivity index (χ1) is 15.2. The van der Waals surface area contributed by atoms with E-state index in [0.29, 0.717) is 17.2 Å². The van der Waals surface area contributed by atoms with Gasteiger partial charge in [-0.05, 0) is 36.4 Å². The van der Waals surface area contributed by atoms with Gasteiger partial charge in [0.25, 0.3) is 5.91 Å². The first-order valence-corrected chi connectivity index (χ1v) is 10.5. The normalized spacial score (nSPS) is 11.1. The molecule has 8 nitrogen and oxygen atoms in total. The van der Waals surface area contributed by atoms with Gasteiger partial charge in [-0.2, -0.15) is 0 Å². The number of amides is 1. The lowest BCUT2D eigenvalue weighted by Gasteiger charge is -2.06. The number of carbonyl (C=O) groups excluding carboxylic acids is 1. The Balaban J connectivity index is 1.24. The number of aromatic nitrogens is 5. The van der Waals surface area contributed by atoms with Gasteiger partial charge < -0.3 is 14.3 Å². The number of imidazole rings is 2. The molecule has 0 fully saturated rings. The lowest BCUT2D eigenvalue weighted by molar-refractivity contribution is 0.0995. The molecule has 4 heterocycles. The molecule has 5 aromatic rings. The molecule has 1 aromatic carbocycles. The topological polar surface area (TPSA) is 90.8 Å². The van der Waals surface area contributed by atoms with E-state index in [2.05, 4.69) is 20.3 Å². The summed E-state index contributed by atoms with van der Waals surface area (Å²) < 4.78 is 9.52. The summed E-state index contributed by atoms with van der Waals surface area (Å²) >= 11 is 1.55. The second-order valence-corrected chi connectivity index (χ2v) is 7.78. The Kier molecular flexibility index (Phi) is 5.01. The lowest BCUT2D eigenvalue weighted by Crippen LogP contribution is -2.11. The summed E-state index contributed by atoms with van der Waals surface area (Å²) in [5.41, 5.74) is 2.45. The molecule has 0 saturated heterocycles. The van der Waals surface area contributed by atoms with E-state index in [9.17, 15) is 4.79 Å². The van der Waals surface area contributed by atoms with Crippen molar-refractivity contribution < 1.29 is 9.21 Å². The molecule has 0 bridgehead atoms. The number of aryl methyl sites for hydroxylation is 1. The summed E-state index contributed by atoms with van der Waals surface area (Å²) in [6.07, 6.45) is 6.98. The first kappa shape index (κ1) is 19.1. The molecule has 4 aromatic heterocycles. The predicted molar refractivity (Wildman–Crippen MR) is 118 cm³/mol. The molecule has 154 valence electrons. The summed E-state index contributed by atoms with van der Waals surface area (Å²) in [7, 11) is 1.94. The molecule has 0 aliphatic heterocycles. The van der Waals surface area contributed by atoms with Crippen LogP contribution in [0.15, 0.2) is 83.0 Å². The molecule has 0 spiro atoms. The van der Waals surface area contributed by atoms with Crippen LogP contribution in [0.25, 0.3) is 16.9 Å². The maximum atomic E-state index is 12.5. The third-order valence-corrected chi connectivity index (χ3v) is 5.79. The van der Waals surface area contributed by atoms with Gasteiger partial charge in [-0.15, -0.1) is 0 Å². The highest BCUT2D eigenvalue weighted by Crippen LogP contribution is 2.22. The van der Waals surface area contributed by atoms with Crippen molar-refractivity contribution in [2.75, 3.05) is 5.32 Å². The molecule has 0 radical (unpaired) electrons. The number of nitrogens with one attached hydrogen (secondary N) is 1. The highest BCUT2D eigenvalue weighted by molar-refractivity contribution is 7.98. The number of anilines is 1. The third-order valence-electron chi connectivity index (χ3n) is 4.71. The zero-order chi connectivity index (χ0) is 21.2. The Bertz CT molecular complexity index is 1350. The fraction of sp³-hybridized carbons (Fsp3) is 0.0909. The van der Waals surface area contributed by atoms with E-state index in [1.807, 2.05) is 52.7 Å². The summed E-state index contributed by atoms with van der Waals surface area (Å²) in [6, 6.07) is 15.0. The number of nitrogens with zero attached hydrogens (tertiary/aromatic N) is 5. The molecule has 0 aliphatic rings. The quantitative estimate of drug-likeness (QED) is 0.404. The van der Waals surface area contributed by atoms with Gasteiger partial charge in [-0.3, -0.25) is 9.36 Å². The number of hydrogen-bond acceptors (Lipinski definition) is 6. The van der Waals surface area contributed by atoms with Crippen molar-refractivity contribution in [3.63, 3.8) is 0 Å². The standard InChI is InChI=1S/C22H18N6O2S/c1-27-11-10-23-22(27)31-13-16-7-8-19(30-16)21(29)26-15-6-9-20(24-12-15)28-14-25-17-4-2-3-5-18(17)28/h2-12,14H,13H2,1H3,(H,26,29). The van der Waals surface area contributed by atoms with Crippen LogP contribution in [0.5, 0.6) is 0 Å². The van der Waals surface area contributed by atoms with Crippen molar-refractivity contribution in [1.29, 1.82) is 0 Å². The summed E-state index contributed by atoms with van der Waals surface area (Å²) in [5.74, 6) is 1.95. The van der Waals surface area contributed by atoms with Gasteiger partial charge in [0.15, 0.2) is 10.9 Å². The maximum absolute atomic E-state index is 12.5. The van der Waals surface area contributed by atoms with Crippen molar-refractivity contribution in [2.45, 2.75) is 10.9 Å². The van der Waals surface area contributed by atoms with Crippen LogP contribution in [0.4, 0.5) is 5.69 Å². The molecule has 0 aliphatic carbocycles. The molecule has 31 heavy (non-hydrogen) atoms. The number of rotatable bonds is 6. The van der Waals surface area contributed by atoms with Gasteiger partial charge >= 0.3 is 0 Å². The Morgan fingerprint density at radius 2 is 2.00 bits per heavy atom. The average molecular weight is 430 g/mol. The van der Waals surface area contributed by atoms with E-state index < -0.39 is 0 Å². The van der Waals surface area contributed by atoms with Crippen LogP contribution >= 0.6 is 11.8 Å². The highest BCUT2D eigenvalue weighted by atomic mass is 32.2. The number of thioether (sulfide) groups is 1. The van der Waals surface area contributed by atoms with Gasteiger partial charge in [-0.25, -0.2) is 15.0 Å². The predicted octanol–water partition coefficient (Wildman–Crippen LogP) is 4.29. The fourth-order valence-electron chi connectivity index (χ4n) is 3.14. The number of carbonyl (C=O) groups is 1. The Hall–Kier alpha value is -3.85. The maximum Gasteiger partial charge on any atom is 0.291 e. The smallest absolute Gasteiger partial charge is 0.291 e. The van der Waals surface area contributed by atoms with E-state index in [1.54, 1.807) is 48.7 Å². The van der Waals surface area contributed by atoms with Gasteiger partial charge in [-0.1, -0.05) is 23.9 Å². The number of benzene rings is 1. The Morgan fingerprint density at radius 1 is 1.10 bits per heavy atom. The summed E-state index contributed by atoms with van der Waals surface area (Å²) in [5, 5.41) is 3.70. The number of fused-ring (bicyclic) bond motifs is 1. The van der Waals surface area contributed by atoms with Crippen molar-refractivity contribution in [1.82, 2.24) is 24.1 Å². The third kappa shape index (κ3) is 3.95. The molecule has 1 amide bonds. The number of furan rings is 1. The van der Waals surface area contributed by atoms with Crippen LogP contribution < -0.4 is 5.32 Å². The van der Waals surface area contributed by atoms with Crippen LogP contribution in [0.2, 0.25) is 0 Å². The monoisotopic (exact) mass is 430 g/mol. The van der Waals surface area contributed by atoms with E-state index in [4.69, 9.17) is 4.42 Å². The van der Waals surface area contributed by atoms with E-state index >= 15 is 0 Å². The molecular weight excluding hydrogens is 412 g/mol. The summed E-state index contributed by atoms with van der Waals surface area (Å²) in [6.45, 7) is 0. The number of hydrogen-bond donors (Lipinski definition) is 1. The van der Waals surface area contributed by atoms with Gasteiger partial charge in [0.2, 0.25) is 0 Å². The van der Waals surface area contributed by atoms with E-state index in [-0.39, 0.29) is 11.7 Å². The molecule has 5 rings (SSSR count). The molecule has 0 unspecified atom stereocenters. The molecular formula is C22H18N6O2S. The van der Waals surface area contributed by atoms with Crippen molar-refractivity contribution >= 4 is 34.4 Å². The average Bonchev–Trinajstić information content (AvgIpc) is 3.52. The van der Waals surface area contributed by atoms with Crippen LogP contribution in [-0.4, -0.2) is 30.0 Å². The minimum Gasteiger partial charge on any atom is -0.455 e. The SMILES string of the molecule is Cn1ccnc1SCc1ccc(C(=O)Nc2ccc(-n3cnc4ccccc43)nc2)o1. The fourth-order valence-corrected chi connectivity index (χ4v) is 3.97. The van der Waals surface area contributed by atoms with Crippen LogP contribution in [0, 0.1) is 0 Å². The first-order valence-electron chi connectivity index (χ1n) is 9.56.